The fourth-order valence-electron chi connectivity index (χ4n) is 2.55. The lowest BCUT2D eigenvalue weighted by atomic mass is 10.0. The van der Waals surface area contributed by atoms with Crippen molar-refractivity contribution in [1.29, 1.82) is 0 Å². The van der Waals surface area contributed by atoms with E-state index in [1.165, 1.54) is 11.1 Å². The highest BCUT2D eigenvalue weighted by Gasteiger charge is 2.42. The Labute approximate surface area is 114 Å². The minimum Gasteiger partial charge on any atom is -0.409 e. The van der Waals surface area contributed by atoms with Gasteiger partial charge in [0.2, 0.25) is 0 Å². The second-order valence-electron chi connectivity index (χ2n) is 5.49. The van der Waals surface area contributed by atoms with Crippen molar-refractivity contribution in [3.8, 4) is 0 Å². The minimum atomic E-state index is 0.220. The molecule has 0 amide bonds. The first-order valence-electron chi connectivity index (χ1n) is 6.93. The molecule has 0 atom stereocenters. The van der Waals surface area contributed by atoms with Crippen LogP contribution in [0.4, 0.5) is 0 Å². The lowest BCUT2D eigenvalue weighted by Crippen LogP contribution is -2.28. The van der Waals surface area contributed by atoms with Crippen LogP contribution >= 0.6 is 0 Å². The minimum absolute atomic E-state index is 0.220. The van der Waals surface area contributed by atoms with Gasteiger partial charge in [-0.1, -0.05) is 36.3 Å². The largest absolute Gasteiger partial charge is 0.409 e. The first kappa shape index (κ1) is 13.9. The molecule has 0 aliphatic heterocycles. The standard InChI is InChI=1S/C15H23N3O/c1-2-12-5-3-4-6-13(12)10-17-11-15(7-8-15)9-14(16)18-19/h3-6,17,19H,2,7-11H2,1H3,(H2,16,18). The van der Waals surface area contributed by atoms with E-state index in [1.54, 1.807) is 0 Å². The molecule has 4 nitrogen and oxygen atoms in total. The van der Waals surface area contributed by atoms with Crippen molar-refractivity contribution in [3.05, 3.63) is 35.4 Å². The van der Waals surface area contributed by atoms with Crippen LogP contribution in [0.3, 0.4) is 0 Å². The van der Waals surface area contributed by atoms with Crippen LogP contribution in [0.15, 0.2) is 29.4 Å². The summed E-state index contributed by atoms with van der Waals surface area (Å²) in [5.41, 5.74) is 8.58. The molecule has 0 bridgehead atoms. The van der Waals surface area contributed by atoms with E-state index in [-0.39, 0.29) is 5.41 Å². The molecule has 1 fully saturated rings. The molecule has 4 heteroatoms. The fraction of sp³-hybridized carbons (Fsp3) is 0.533. The van der Waals surface area contributed by atoms with Crippen LogP contribution in [0.25, 0.3) is 0 Å². The maximum atomic E-state index is 8.64. The number of nitrogens with one attached hydrogen (secondary N) is 1. The van der Waals surface area contributed by atoms with Gasteiger partial charge in [-0.2, -0.15) is 0 Å². The average Bonchev–Trinajstić information content (AvgIpc) is 3.19. The predicted octanol–water partition coefficient (Wildman–Crippen LogP) is 2.26. The number of benzene rings is 1. The van der Waals surface area contributed by atoms with Crippen LogP contribution in [0.1, 0.15) is 37.3 Å². The first-order valence-corrected chi connectivity index (χ1v) is 6.93. The van der Waals surface area contributed by atoms with Gasteiger partial charge in [-0.3, -0.25) is 0 Å². The van der Waals surface area contributed by atoms with Crippen molar-refractivity contribution in [1.82, 2.24) is 5.32 Å². The highest BCUT2D eigenvalue weighted by molar-refractivity contribution is 5.80. The zero-order valence-corrected chi connectivity index (χ0v) is 11.5. The van der Waals surface area contributed by atoms with Crippen molar-refractivity contribution in [3.63, 3.8) is 0 Å². The Bertz CT molecular complexity index is 452. The van der Waals surface area contributed by atoms with E-state index >= 15 is 0 Å². The monoisotopic (exact) mass is 261 g/mol. The third-order valence-electron chi connectivity index (χ3n) is 3.96. The van der Waals surface area contributed by atoms with Gasteiger partial charge in [0.15, 0.2) is 0 Å². The second kappa shape index (κ2) is 6.06. The van der Waals surface area contributed by atoms with E-state index in [2.05, 4.69) is 41.7 Å². The smallest absolute Gasteiger partial charge is 0.139 e. The highest BCUT2D eigenvalue weighted by Crippen LogP contribution is 2.48. The summed E-state index contributed by atoms with van der Waals surface area (Å²) in [6.07, 6.45) is 4.07. The number of nitrogens with zero attached hydrogens (tertiary/aromatic N) is 1. The summed E-state index contributed by atoms with van der Waals surface area (Å²) in [6, 6.07) is 8.53. The van der Waals surface area contributed by atoms with Gasteiger partial charge in [0.25, 0.3) is 0 Å². The molecule has 2 rings (SSSR count). The van der Waals surface area contributed by atoms with Crippen molar-refractivity contribution >= 4 is 5.84 Å². The van der Waals surface area contributed by atoms with E-state index in [4.69, 9.17) is 10.9 Å². The van der Waals surface area contributed by atoms with Gasteiger partial charge >= 0.3 is 0 Å². The summed E-state index contributed by atoms with van der Waals surface area (Å²) in [5, 5.41) is 15.2. The summed E-state index contributed by atoms with van der Waals surface area (Å²) >= 11 is 0. The molecule has 19 heavy (non-hydrogen) atoms. The number of aryl methyl sites for hydroxylation is 1. The zero-order valence-electron chi connectivity index (χ0n) is 11.5. The molecule has 0 unspecified atom stereocenters. The van der Waals surface area contributed by atoms with Gasteiger partial charge < -0.3 is 16.3 Å². The van der Waals surface area contributed by atoms with Gasteiger partial charge in [-0.15, -0.1) is 0 Å². The van der Waals surface area contributed by atoms with E-state index in [0.717, 1.165) is 32.4 Å². The molecule has 104 valence electrons. The van der Waals surface area contributed by atoms with Crippen molar-refractivity contribution in [2.24, 2.45) is 16.3 Å². The third kappa shape index (κ3) is 3.70. The Balaban J connectivity index is 1.84. The Kier molecular flexibility index (Phi) is 4.43. The van der Waals surface area contributed by atoms with Crippen LogP contribution in [0.5, 0.6) is 0 Å². The van der Waals surface area contributed by atoms with E-state index < -0.39 is 0 Å². The maximum Gasteiger partial charge on any atom is 0.139 e. The van der Waals surface area contributed by atoms with E-state index in [9.17, 15) is 0 Å². The Morgan fingerprint density at radius 3 is 2.63 bits per heavy atom. The van der Waals surface area contributed by atoms with Gasteiger partial charge in [-0.05, 0) is 35.8 Å². The lowest BCUT2D eigenvalue weighted by molar-refractivity contribution is 0.314. The third-order valence-corrected chi connectivity index (χ3v) is 3.96. The second-order valence-corrected chi connectivity index (χ2v) is 5.49. The Hall–Kier alpha value is -1.55. The lowest BCUT2D eigenvalue weighted by Gasteiger charge is -2.16. The number of amidine groups is 1. The molecule has 1 aromatic carbocycles. The topological polar surface area (TPSA) is 70.6 Å². The highest BCUT2D eigenvalue weighted by atomic mass is 16.4. The predicted molar refractivity (Wildman–Crippen MR) is 77.2 cm³/mol. The average molecular weight is 261 g/mol. The summed E-state index contributed by atoms with van der Waals surface area (Å²) in [4.78, 5) is 0. The maximum absolute atomic E-state index is 8.64. The molecule has 1 aromatic rings. The van der Waals surface area contributed by atoms with Crippen LogP contribution in [0.2, 0.25) is 0 Å². The van der Waals surface area contributed by atoms with Crippen LogP contribution < -0.4 is 11.1 Å². The summed E-state index contributed by atoms with van der Waals surface area (Å²) < 4.78 is 0. The molecular formula is C15H23N3O. The van der Waals surface area contributed by atoms with Crippen molar-refractivity contribution < 1.29 is 5.21 Å². The summed E-state index contributed by atoms with van der Waals surface area (Å²) in [6.45, 7) is 4.00. The molecule has 0 radical (unpaired) electrons. The van der Waals surface area contributed by atoms with E-state index in [0.29, 0.717) is 12.3 Å². The SMILES string of the molecule is CCc1ccccc1CNCC1(CC(N)=NO)CC1. The number of nitrogens with two attached hydrogens (primary N) is 1. The van der Waals surface area contributed by atoms with Crippen LogP contribution in [-0.4, -0.2) is 17.6 Å². The summed E-state index contributed by atoms with van der Waals surface area (Å²) in [7, 11) is 0. The molecule has 0 saturated heterocycles. The van der Waals surface area contributed by atoms with Crippen LogP contribution in [0, 0.1) is 5.41 Å². The molecule has 0 aromatic heterocycles. The van der Waals surface area contributed by atoms with Gasteiger partial charge in [0.1, 0.15) is 5.84 Å². The number of oxime groups is 1. The normalized spacial score (nSPS) is 17.4. The fourth-order valence-corrected chi connectivity index (χ4v) is 2.55. The van der Waals surface area contributed by atoms with E-state index in [1.807, 2.05) is 0 Å². The van der Waals surface area contributed by atoms with Crippen molar-refractivity contribution in [2.75, 3.05) is 6.54 Å². The molecule has 1 aliphatic rings. The number of rotatable bonds is 7. The Morgan fingerprint density at radius 2 is 2.05 bits per heavy atom. The molecule has 0 heterocycles. The van der Waals surface area contributed by atoms with Gasteiger partial charge in [-0.25, -0.2) is 0 Å². The van der Waals surface area contributed by atoms with Crippen LogP contribution in [-0.2, 0) is 13.0 Å². The molecular weight excluding hydrogens is 238 g/mol. The van der Waals surface area contributed by atoms with Gasteiger partial charge in [0.05, 0.1) is 0 Å². The quantitative estimate of drug-likeness (QED) is 0.305. The molecule has 1 aliphatic carbocycles. The molecule has 1 saturated carbocycles. The first-order chi connectivity index (χ1) is 9.19. The summed E-state index contributed by atoms with van der Waals surface area (Å²) in [5.74, 6) is 0.341. The zero-order chi connectivity index (χ0) is 13.7. The number of hydrogen-bond acceptors (Lipinski definition) is 3. The molecule has 0 spiro atoms. The number of hydrogen-bond donors (Lipinski definition) is 3. The van der Waals surface area contributed by atoms with Gasteiger partial charge in [0, 0.05) is 19.5 Å². The Morgan fingerprint density at radius 1 is 1.37 bits per heavy atom. The van der Waals surface area contributed by atoms with Crippen molar-refractivity contribution in [2.45, 2.75) is 39.2 Å². The molecule has 4 N–H and O–H groups in total.